The summed E-state index contributed by atoms with van der Waals surface area (Å²) in [6, 6.07) is 17.4. The van der Waals surface area contributed by atoms with Gasteiger partial charge >= 0.3 is 0 Å². The predicted octanol–water partition coefficient (Wildman–Crippen LogP) is 3.12. The normalized spacial score (nSPS) is 13.1. The second-order valence-corrected chi connectivity index (χ2v) is 7.37. The summed E-state index contributed by atoms with van der Waals surface area (Å²) < 4.78 is 1.83. The van der Waals surface area contributed by atoms with Gasteiger partial charge in [0.05, 0.1) is 18.3 Å². The lowest BCUT2D eigenvalue weighted by Gasteiger charge is -2.07. The van der Waals surface area contributed by atoms with E-state index in [1.165, 1.54) is 0 Å². The molecule has 6 nitrogen and oxygen atoms in total. The highest BCUT2D eigenvalue weighted by atomic mass is 16.2. The average Bonchev–Trinajstić information content (AvgIpc) is 3.49. The van der Waals surface area contributed by atoms with Gasteiger partial charge in [0.25, 0.3) is 0 Å². The highest BCUT2D eigenvalue weighted by Crippen LogP contribution is 2.30. The number of nitrogens with zero attached hydrogens (tertiary/aromatic N) is 2. The molecule has 1 aliphatic rings. The highest BCUT2D eigenvalue weighted by molar-refractivity contribution is 5.94. The Morgan fingerprint density at radius 2 is 1.76 bits per heavy atom. The zero-order valence-corrected chi connectivity index (χ0v) is 16.2. The third kappa shape index (κ3) is 5.31. The lowest BCUT2D eigenvalue weighted by molar-refractivity contribution is -0.120. The summed E-state index contributed by atoms with van der Waals surface area (Å²) in [7, 11) is 0. The monoisotopic (exact) mass is 388 g/mol. The maximum absolute atomic E-state index is 12.2. The third-order valence-corrected chi connectivity index (χ3v) is 4.93. The molecule has 2 N–H and O–H groups in total. The van der Waals surface area contributed by atoms with E-state index in [0.29, 0.717) is 13.0 Å². The van der Waals surface area contributed by atoms with Crippen LogP contribution in [0, 0.1) is 5.92 Å². The Bertz CT molecular complexity index is 976. The fraction of sp³-hybridized carbons (Fsp3) is 0.261. The number of carbonyl (C=O) groups is 2. The van der Waals surface area contributed by atoms with E-state index in [1.807, 2.05) is 71.7 Å². The Labute approximate surface area is 169 Å². The van der Waals surface area contributed by atoms with Crippen molar-refractivity contribution in [1.82, 2.24) is 15.1 Å². The fourth-order valence-corrected chi connectivity index (χ4v) is 3.10. The molecule has 4 rings (SSSR count). The van der Waals surface area contributed by atoms with Gasteiger partial charge in [-0.25, -0.2) is 4.68 Å². The quantitative estimate of drug-likeness (QED) is 0.623. The van der Waals surface area contributed by atoms with Crippen LogP contribution in [0.2, 0.25) is 0 Å². The zero-order chi connectivity index (χ0) is 20.1. The first kappa shape index (κ1) is 18.9. The van der Waals surface area contributed by atoms with Crippen LogP contribution in [0.5, 0.6) is 0 Å². The van der Waals surface area contributed by atoms with Crippen LogP contribution >= 0.6 is 0 Å². The molecule has 1 aliphatic carbocycles. The van der Waals surface area contributed by atoms with E-state index in [0.717, 1.165) is 41.8 Å². The number of carbonyl (C=O) groups excluding carboxylic acids is 2. The van der Waals surface area contributed by atoms with Crippen LogP contribution in [0.1, 0.15) is 24.0 Å². The van der Waals surface area contributed by atoms with E-state index < -0.39 is 0 Å². The molecule has 3 aromatic rings. The molecule has 2 aromatic carbocycles. The minimum absolute atomic E-state index is 0.0183. The number of amides is 2. The summed E-state index contributed by atoms with van der Waals surface area (Å²) in [4.78, 5) is 24.0. The summed E-state index contributed by atoms with van der Waals surface area (Å²) in [5, 5.41) is 10.2. The summed E-state index contributed by atoms with van der Waals surface area (Å²) in [6.07, 6.45) is 6.82. The molecular formula is C23H24N4O2. The maximum Gasteiger partial charge on any atom is 0.227 e. The van der Waals surface area contributed by atoms with Crippen molar-refractivity contribution in [2.24, 2.45) is 5.92 Å². The first-order valence-electron chi connectivity index (χ1n) is 9.93. The first-order chi connectivity index (χ1) is 14.2. The van der Waals surface area contributed by atoms with Gasteiger partial charge in [-0.1, -0.05) is 30.3 Å². The molecule has 148 valence electrons. The maximum atomic E-state index is 12.2. The second kappa shape index (κ2) is 8.73. The van der Waals surface area contributed by atoms with Crippen molar-refractivity contribution in [3.63, 3.8) is 0 Å². The molecule has 0 bridgehead atoms. The van der Waals surface area contributed by atoms with Gasteiger partial charge in [-0.2, -0.15) is 5.10 Å². The van der Waals surface area contributed by atoms with Crippen LogP contribution < -0.4 is 10.6 Å². The number of hydrogen-bond acceptors (Lipinski definition) is 3. The SMILES string of the molecule is O=C(Cc1ccc(NC(=O)C2CC2)cc1)NCCc1cnn(-c2ccccc2)c1. The molecule has 1 heterocycles. The van der Waals surface area contributed by atoms with E-state index in [4.69, 9.17) is 0 Å². The molecule has 0 saturated heterocycles. The Kier molecular flexibility index (Phi) is 5.70. The van der Waals surface area contributed by atoms with Gasteiger partial charge in [0.15, 0.2) is 0 Å². The van der Waals surface area contributed by atoms with Crippen LogP contribution in [0.15, 0.2) is 67.0 Å². The summed E-state index contributed by atoms with van der Waals surface area (Å²) in [5.74, 6) is 0.251. The van der Waals surface area contributed by atoms with Crippen molar-refractivity contribution in [1.29, 1.82) is 0 Å². The van der Waals surface area contributed by atoms with Crippen LogP contribution in [-0.4, -0.2) is 28.1 Å². The van der Waals surface area contributed by atoms with E-state index in [1.54, 1.807) is 0 Å². The topological polar surface area (TPSA) is 76.0 Å². The van der Waals surface area contributed by atoms with Gasteiger partial charge in [0.1, 0.15) is 0 Å². The number of rotatable bonds is 8. The lowest BCUT2D eigenvalue weighted by atomic mass is 10.1. The van der Waals surface area contributed by atoms with Crippen LogP contribution in [0.25, 0.3) is 5.69 Å². The third-order valence-electron chi connectivity index (χ3n) is 4.93. The van der Waals surface area contributed by atoms with Crippen LogP contribution in [0.4, 0.5) is 5.69 Å². The minimum Gasteiger partial charge on any atom is -0.355 e. The van der Waals surface area contributed by atoms with Gasteiger partial charge in [0.2, 0.25) is 11.8 Å². The predicted molar refractivity (Wildman–Crippen MR) is 112 cm³/mol. The average molecular weight is 388 g/mol. The number of para-hydroxylation sites is 1. The standard InChI is InChI=1S/C23H24N4O2/c28-22(14-17-6-10-20(11-7-17)26-23(29)19-8-9-19)24-13-12-18-15-25-27(16-18)21-4-2-1-3-5-21/h1-7,10-11,15-16,19H,8-9,12-14H2,(H,24,28)(H,26,29). The molecule has 29 heavy (non-hydrogen) atoms. The van der Waals surface area contributed by atoms with E-state index in [2.05, 4.69) is 15.7 Å². The zero-order valence-electron chi connectivity index (χ0n) is 16.2. The first-order valence-corrected chi connectivity index (χ1v) is 9.93. The molecule has 0 unspecified atom stereocenters. The van der Waals surface area contributed by atoms with Crippen molar-refractivity contribution < 1.29 is 9.59 Å². The molecule has 1 saturated carbocycles. The molecule has 1 aromatic heterocycles. The van der Waals surface area contributed by atoms with Crippen molar-refractivity contribution in [2.45, 2.75) is 25.7 Å². The summed E-state index contributed by atoms with van der Waals surface area (Å²) in [5.41, 5.74) is 3.79. The number of anilines is 1. The smallest absolute Gasteiger partial charge is 0.227 e. The number of nitrogens with one attached hydrogen (secondary N) is 2. The van der Waals surface area contributed by atoms with E-state index in [9.17, 15) is 9.59 Å². The van der Waals surface area contributed by atoms with Gasteiger partial charge in [-0.15, -0.1) is 0 Å². The minimum atomic E-state index is -0.0183. The van der Waals surface area contributed by atoms with Gasteiger partial charge in [-0.05, 0) is 54.7 Å². The summed E-state index contributed by atoms with van der Waals surface area (Å²) >= 11 is 0. The van der Waals surface area contributed by atoms with Crippen molar-refractivity contribution >= 4 is 17.5 Å². The van der Waals surface area contributed by atoms with Crippen molar-refractivity contribution in [3.05, 3.63) is 78.1 Å². The second-order valence-electron chi connectivity index (χ2n) is 7.37. The molecular weight excluding hydrogens is 364 g/mol. The largest absolute Gasteiger partial charge is 0.355 e. The molecule has 1 fully saturated rings. The molecule has 0 radical (unpaired) electrons. The Hall–Kier alpha value is -3.41. The molecule has 6 heteroatoms. The number of hydrogen-bond donors (Lipinski definition) is 2. The lowest BCUT2D eigenvalue weighted by Crippen LogP contribution is -2.27. The van der Waals surface area contributed by atoms with Gasteiger partial charge < -0.3 is 10.6 Å². The molecule has 0 aliphatic heterocycles. The number of benzene rings is 2. The van der Waals surface area contributed by atoms with E-state index in [-0.39, 0.29) is 17.7 Å². The Morgan fingerprint density at radius 3 is 2.48 bits per heavy atom. The molecule has 0 atom stereocenters. The van der Waals surface area contributed by atoms with E-state index >= 15 is 0 Å². The highest BCUT2D eigenvalue weighted by Gasteiger charge is 2.29. The Balaban J connectivity index is 1.21. The summed E-state index contributed by atoms with van der Waals surface area (Å²) in [6.45, 7) is 0.564. The van der Waals surface area contributed by atoms with Crippen molar-refractivity contribution in [3.8, 4) is 5.69 Å². The van der Waals surface area contributed by atoms with Crippen LogP contribution in [-0.2, 0) is 22.4 Å². The van der Waals surface area contributed by atoms with Crippen LogP contribution in [0.3, 0.4) is 0 Å². The number of aromatic nitrogens is 2. The van der Waals surface area contributed by atoms with Gasteiger partial charge in [0, 0.05) is 24.3 Å². The Morgan fingerprint density at radius 1 is 1.00 bits per heavy atom. The molecule has 2 amide bonds. The molecule has 0 spiro atoms. The van der Waals surface area contributed by atoms with Gasteiger partial charge in [-0.3, -0.25) is 9.59 Å². The van der Waals surface area contributed by atoms with Crippen molar-refractivity contribution in [2.75, 3.05) is 11.9 Å². The fourth-order valence-electron chi connectivity index (χ4n) is 3.10.